The molecule has 0 unspecified atom stereocenters. The fourth-order valence-corrected chi connectivity index (χ4v) is 2.55. The van der Waals surface area contributed by atoms with Crippen molar-refractivity contribution in [2.24, 2.45) is 0 Å². The number of para-hydroxylation sites is 1. The third-order valence-corrected chi connectivity index (χ3v) is 3.89. The van der Waals surface area contributed by atoms with E-state index in [-0.39, 0.29) is 17.0 Å². The summed E-state index contributed by atoms with van der Waals surface area (Å²) in [7, 11) is 0. The minimum absolute atomic E-state index is 0.114. The number of amides is 2. The van der Waals surface area contributed by atoms with Crippen LogP contribution in [0.2, 0.25) is 0 Å². The van der Waals surface area contributed by atoms with Crippen LogP contribution in [0.3, 0.4) is 0 Å². The second-order valence-electron chi connectivity index (χ2n) is 5.84. The molecule has 0 aliphatic heterocycles. The number of benzene rings is 2. The second-order valence-corrected chi connectivity index (χ2v) is 5.84. The van der Waals surface area contributed by atoms with Crippen LogP contribution < -0.4 is 10.6 Å². The van der Waals surface area contributed by atoms with Crippen molar-refractivity contribution in [3.05, 3.63) is 64.2 Å². The monoisotopic (exact) mass is 364 g/mol. The van der Waals surface area contributed by atoms with Crippen molar-refractivity contribution in [2.75, 3.05) is 11.9 Å². The van der Waals surface area contributed by atoms with Gasteiger partial charge in [-0.05, 0) is 56.2 Å². The van der Waals surface area contributed by atoms with E-state index in [9.17, 15) is 22.8 Å². The van der Waals surface area contributed by atoms with Crippen LogP contribution in [0.4, 0.5) is 18.9 Å². The zero-order valence-corrected chi connectivity index (χ0v) is 14.6. The smallest absolute Gasteiger partial charge is 0.352 e. The molecule has 0 saturated carbocycles. The first kappa shape index (κ1) is 19.5. The van der Waals surface area contributed by atoms with Gasteiger partial charge in [-0.25, -0.2) is 0 Å². The number of alkyl halides is 3. The van der Waals surface area contributed by atoms with Crippen molar-refractivity contribution in [2.45, 2.75) is 26.9 Å². The molecule has 26 heavy (non-hydrogen) atoms. The molecule has 7 heteroatoms. The lowest BCUT2D eigenvalue weighted by molar-refractivity contribution is -0.137. The molecule has 138 valence electrons. The van der Waals surface area contributed by atoms with Gasteiger partial charge < -0.3 is 10.6 Å². The molecule has 0 radical (unpaired) electrons. The Morgan fingerprint density at radius 1 is 0.962 bits per heavy atom. The van der Waals surface area contributed by atoms with E-state index in [1.54, 1.807) is 32.0 Å². The van der Waals surface area contributed by atoms with Crippen LogP contribution in [0.25, 0.3) is 0 Å². The first-order chi connectivity index (χ1) is 12.1. The number of halogens is 3. The molecule has 0 aliphatic carbocycles. The Kier molecular flexibility index (Phi) is 5.69. The maximum Gasteiger partial charge on any atom is 0.416 e. The van der Waals surface area contributed by atoms with Gasteiger partial charge in [0.05, 0.1) is 16.8 Å². The first-order valence-corrected chi connectivity index (χ1v) is 8.02. The van der Waals surface area contributed by atoms with Crippen LogP contribution in [0, 0.1) is 13.8 Å². The van der Waals surface area contributed by atoms with Crippen LogP contribution in [-0.2, 0) is 6.18 Å². The number of hydrogen-bond donors (Lipinski definition) is 2. The van der Waals surface area contributed by atoms with E-state index in [1.165, 1.54) is 6.92 Å². The normalized spacial score (nSPS) is 11.2. The highest BCUT2D eigenvalue weighted by molar-refractivity contribution is 6.10. The molecular weight excluding hydrogens is 345 g/mol. The first-order valence-electron chi connectivity index (χ1n) is 8.02. The molecule has 0 saturated heterocycles. The molecule has 2 aromatic carbocycles. The fraction of sp³-hybridized carbons (Fsp3) is 0.263. The third-order valence-electron chi connectivity index (χ3n) is 3.89. The second kappa shape index (κ2) is 7.59. The van der Waals surface area contributed by atoms with Gasteiger partial charge >= 0.3 is 6.18 Å². The Morgan fingerprint density at radius 3 is 2.23 bits per heavy atom. The van der Waals surface area contributed by atoms with Crippen molar-refractivity contribution >= 4 is 17.5 Å². The summed E-state index contributed by atoms with van der Waals surface area (Å²) in [4.78, 5) is 24.7. The number of nitrogens with one attached hydrogen (secondary N) is 2. The van der Waals surface area contributed by atoms with E-state index >= 15 is 0 Å². The molecule has 0 spiro atoms. The zero-order chi connectivity index (χ0) is 19.5. The number of rotatable bonds is 4. The van der Waals surface area contributed by atoms with Gasteiger partial charge in [0, 0.05) is 12.1 Å². The molecule has 0 fully saturated rings. The van der Waals surface area contributed by atoms with Gasteiger partial charge in [0.1, 0.15) is 0 Å². The van der Waals surface area contributed by atoms with Gasteiger partial charge in [-0.3, -0.25) is 9.59 Å². The molecule has 2 N–H and O–H groups in total. The van der Waals surface area contributed by atoms with Crippen molar-refractivity contribution in [3.63, 3.8) is 0 Å². The predicted octanol–water partition coefficient (Wildman–Crippen LogP) is 4.32. The van der Waals surface area contributed by atoms with E-state index in [0.29, 0.717) is 23.4 Å². The molecule has 0 aromatic heterocycles. The van der Waals surface area contributed by atoms with E-state index in [0.717, 1.165) is 18.2 Å². The Bertz CT molecular complexity index is 845. The zero-order valence-electron chi connectivity index (χ0n) is 14.6. The molecule has 2 rings (SSSR count). The Hall–Kier alpha value is -2.83. The van der Waals surface area contributed by atoms with Crippen molar-refractivity contribution in [1.29, 1.82) is 0 Å². The van der Waals surface area contributed by atoms with Gasteiger partial charge in [0.25, 0.3) is 11.8 Å². The fourth-order valence-electron chi connectivity index (χ4n) is 2.55. The van der Waals surface area contributed by atoms with Crippen LogP contribution in [-0.4, -0.2) is 18.4 Å². The number of anilines is 1. The molecule has 0 heterocycles. The standard InChI is InChI=1S/C19H19F3N2O2/c1-4-23-17(25)15-7-5-6-11(2)16(15)24-18(26)14-9-8-13(10-12(14)3)19(20,21)22/h5-10H,4H2,1-3H3,(H,23,25)(H,24,26). The van der Waals surface area contributed by atoms with Gasteiger partial charge in [0.15, 0.2) is 0 Å². The van der Waals surface area contributed by atoms with Crippen LogP contribution >= 0.6 is 0 Å². The van der Waals surface area contributed by atoms with E-state index < -0.39 is 17.6 Å². The highest BCUT2D eigenvalue weighted by atomic mass is 19.4. The van der Waals surface area contributed by atoms with Crippen molar-refractivity contribution in [1.82, 2.24) is 5.32 Å². The summed E-state index contributed by atoms with van der Waals surface area (Å²) in [5.41, 5.74) is 0.804. The number of carbonyl (C=O) groups excluding carboxylic acids is 2. The van der Waals surface area contributed by atoms with Crippen LogP contribution in [0.5, 0.6) is 0 Å². The van der Waals surface area contributed by atoms with Crippen LogP contribution in [0.15, 0.2) is 36.4 Å². The SMILES string of the molecule is CCNC(=O)c1cccc(C)c1NC(=O)c1ccc(C(F)(F)F)cc1C. The summed E-state index contributed by atoms with van der Waals surface area (Å²) in [6.07, 6.45) is -4.47. The number of hydrogen-bond acceptors (Lipinski definition) is 2. The summed E-state index contributed by atoms with van der Waals surface area (Å²) in [5.74, 6) is -0.910. The molecule has 2 amide bonds. The van der Waals surface area contributed by atoms with Gasteiger partial charge in [-0.15, -0.1) is 0 Å². The molecule has 0 atom stereocenters. The summed E-state index contributed by atoms with van der Waals surface area (Å²) < 4.78 is 38.3. The third kappa shape index (κ3) is 4.22. The van der Waals surface area contributed by atoms with Crippen LogP contribution in [0.1, 0.15) is 44.3 Å². The Morgan fingerprint density at radius 2 is 1.65 bits per heavy atom. The number of aryl methyl sites for hydroxylation is 2. The van der Waals surface area contributed by atoms with E-state index in [4.69, 9.17) is 0 Å². The molecule has 0 aliphatic rings. The highest BCUT2D eigenvalue weighted by Crippen LogP contribution is 2.31. The van der Waals surface area contributed by atoms with E-state index in [1.807, 2.05) is 0 Å². The number of carbonyl (C=O) groups is 2. The summed E-state index contributed by atoms with van der Waals surface area (Å²) >= 11 is 0. The highest BCUT2D eigenvalue weighted by Gasteiger charge is 2.31. The maximum atomic E-state index is 12.8. The Balaban J connectivity index is 2.35. The summed E-state index contributed by atoms with van der Waals surface area (Å²) in [5, 5.41) is 5.32. The average molecular weight is 364 g/mol. The lowest BCUT2D eigenvalue weighted by Gasteiger charge is -2.15. The van der Waals surface area contributed by atoms with Gasteiger partial charge in [-0.1, -0.05) is 12.1 Å². The predicted molar refractivity (Wildman–Crippen MR) is 93.3 cm³/mol. The topological polar surface area (TPSA) is 58.2 Å². The molecule has 2 aromatic rings. The van der Waals surface area contributed by atoms with Crippen molar-refractivity contribution < 1.29 is 22.8 Å². The maximum absolute atomic E-state index is 12.8. The average Bonchev–Trinajstić information content (AvgIpc) is 2.55. The largest absolute Gasteiger partial charge is 0.416 e. The quantitative estimate of drug-likeness (QED) is 0.849. The molecular formula is C19H19F3N2O2. The Labute approximate surface area is 149 Å². The van der Waals surface area contributed by atoms with Gasteiger partial charge in [0.2, 0.25) is 0 Å². The minimum Gasteiger partial charge on any atom is -0.352 e. The summed E-state index contributed by atoms with van der Waals surface area (Å²) in [6.45, 7) is 5.38. The molecule has 4 nitrogen and oxygen atoms in total. The van der Waals surface area contributed by atoms with Gasteiger partial charge in [-0.2, -0.15) is 13.2 Å². The van der Waals surface area contributed by atoms with Crippen molar-refractivity contribution in [3.8, 4) is 0 Å². The lowest BCUT2D eigenvalue weighted by Crippen LogP contribution is -2.25. The summed E-state index contributed by atoms with van der Waals surface area (Å²) in [6, 6.07) is 7.93. The molecule has 0 bridgehead atoms. The lowest BCUT2D eigenvalue weighted by atomic mass is 10.0. The van der Waals surface area contributed by atoms with E-state index in [2.05, 4.69) is 10.6 Å². The minimum atomic E-state index is -4.47.